The number of aliphatic hydroxyl groups is 6. The van der Waals surface area contributed by atoms with Gasteiger partial charge < -0.3 is 55.3 Å². The minimum absolute atomic E-state index is 0.610. The standard InChI is InChI=1S/C14H23NO12/c1-3(17)15-5-6(18)10(4(2-16)25-13(5)24)26-14-9(21)7(19)8(20)11(27-14)12(22)23/h4-11,13-14,16,18-21,24H,2H2,1H3,(H,15,17)(H,22,23)/t4?,5?,6-,7+,8-,9?,10-,11?,13-,14-/m1/s1. The molecule has 13 heteroatoms. The van der Waals surface area contributed by atoms with E-state index in [0.717, 1.165) is 6.92 Å². The molecule has 27 heavy (non-hydrogen) atoms. The molecule has 2 aliphatic rings. The molecule has 10 atom stereocenters. The number of hydrogen-bond donors (Lipinski definition) is 8. The number of hydrogen-bond acceptors (Lipinski definition) is 11. The number of nitrogens with one attached hydrogen (secondary N) is 1. The zero-order chi connectivity index (χ0) is 20.5. The predicted octanol–water partition coefficient (Wildman–Crippen LogP) is -5.16. The Labute approximate surface area is 152 Å². The molecule has 13 nitrogen and oxygen atoms in total. The summed E-state index contributed by atoms with van der Waals surface area (Å²) >= 11 is 0. The summed E-state index contributed by atoms with van der Waals surface area (Å²) in [5, 5.41) is 70.4. The van der Waals surface area contributed by atoms with Crippen molar-refractivity contribution in [2.24, 2.45) is 0 Å². The van der Waals surface area contributed by atoms with Gasteiger partial charge in [-0.25, -0.2) is 4.79 Å². The lowest BCUT2D eigenvalue weighted by Gasteiger charge is -2.45. The number of amides is 1. The number of carbonyl (C=O) groups is 2. The molecule has 156 valence electrons. The van der Waals surface area contributed by atoms with Crippen molar-refractivity contribution in [2.75, 3.05) is 6.61 Å². The molecule has 1 amide bonds. The third-order valence-corrected chi connectivity index (χ3v) is 4.35. The van der Waals surface area contributed by atoms with Crippen LogP contribution in [0.15, 0.2) is 0 Å². The van der Waals surface area contributed by atoms with Crippen LogP contribution in [0.5, 0.6) is 0 Å². The maximum atomic E-state index is 11.2. The molecule has 4 unspecified atom stereocenters. The van der Waals surface area contributed by atoms with Crippen LogP contribution >= 0.6 is 0 Å². The highest BCUT2D eigenvalue weighted by Crippen LogP contribution is 2.28. The van der Waals surface area contributed by atoms with Gasteiger partial charge in [-0.2, -0.15) is 0 Å². The fourth-order valence-corrected chi connectivity index (χ4v) is 2.96. The summed E-state index contributed by atoms with van der Waals surface area (Å²) in [6.07, 6.45) is -15.7. The minimum atomic E-state index is -1.94. The molecule has 0 bridgehead atoms. The molecule has 0 aromatic heterocycles. The summed E-state index contributed by atoms with van der Waals surface area (Å²) in [6, 6.07) is -1.36. The number of aliphatic carboxylic acids is 1. The molecule has 0 aromatic rings. The van der Waals surface area contributed by atoms with E-state index >= 15 is 0 Å². The monoisotopic (exact) mass is 397 g/mol. The van der Waals surface area contributed by atoms with E-state index in [9.17, 15) is 40.2 Å². The van der Waals surface area contributed by atoms with Crippen LogP contribution < -0.4 is 5.32 Å². The van der Waals surface area contributed by atoms with Crippen molar-refractivity contribution in [1.29, 1.82) is 0 Å². The topological polar surface area (TPSA) is 215 Å². The fourth-order valence-electron chi connectivity index (χ4n) is 2.96. The van der Waals surface area contributed by atoms with Crippen LogP contribution in [0.2, 0.25) is 0 Å². The third kappa shape index (κ3) is 4.53. The largest absolute Gasteiger partial charge is 0.479 e. The average Bonchev–Trinajstić information content (AvgIpc) is 2.60. The molecule has 2 heterocycles. The van der Waals surface area contributed by atoms with E-state index in [1.807, 2.05) is 0 Å². The van der Waals surface area contributed by atoms with E-state index in [4.69, 9.17) is 19.3 Å². The molecule has 2 rings (SSSR count). The van der Waals surface area contributed by atoms with E-state index in [0.29, 0.717) is 0 Å². The number of rotatable bonds is 5. The van der Waals surface area contributed by atoms with Gasteiger partial charge in [-0.05, 0) is 0 Å². The molecule has 8 N–H and O–H groups in total. The van der Waals surface area contributed by atoms with Gasteiger partial charge in [0.25, 0.3) is 0 Å². The van der Waals surface area contributed by atoms with Gasteiger partial charge in [0.1, 0.15) is 42.7 Å². The van der Waals surface area contributed by atoms with Gasteiger partial charge in [0, 0.05) is 6.92 Å². The first-order valence-corrected chi connectivity index (χ1v) is 8.06. The lowest BCUT2D eigenvalue weighted by molar-refractivity contribution is -0.340. The van der Waals surface area contributed by atoms with Crippen LogP contribution in [-0.2, 0) is 23.8 Å². The lowest BCUT2D eigenvalue weighted by Crippen LogP contribution is -2.67. The lowest BCUT2D eigenvalue weighted by atomic mass is 9.95. The van der Waals surface area contributed by atoms with E-state index in [-0.39, 0.29) is 0 Å². The van der Waals surface area contributed by atoms with Crippen LogP contribution in [0.4, 0.5) is 0 Å². The number of carbonyl (C=O) groups excluding carboxylic acids is 1. The molecule has 2 fully saturated rings. The highest BCUT2D eigenvalue weighted by molar-refractivity contribution is 5.73. The number of carboxylic acid groups (broad SMARTS) is 1. The van der Waals surface area contributed by atoms with E-state index in [1.54, 1.807) is 0 Å². The number of ether oxygens (including phenoxy) is 3. The van der Waals surface area contributed by atoms with Crippen molar-refractivity contribution in [3.05, 3.63) is 0 Å². The second-order valence-corrected chi connectivity index (χ2v) is 6.30. The molecule has 2 saturated heterocycles. The molecule has 0 aromatic carbocycles. The van der Waals surface area contributed by atoms with Crippen LogP contribution in [0.3, 0.4) is 0 Å². The Balaban J connectivity index is 2.20. The van der Waals surface area contributed by atoms with Crippen molar-refractivity contribution in [2.45, 2.75) is 68.3 Å². The van der Waals surface area contributed by atoms with Crippen LogP contribution in [0.25, 0.3) is 0 Å². The zero-order valence-corrected chi connectivity index (χ0v) is 14.2. The average molecular weight is 397 g/mol. The van der Waals surface area contributed by atoms with Gasteiger partial charge in [0.15, 0.2) is 18.7 Å². The van der Waals surface area contributed by atoms with Crippen molar-refractivity contribution >= 4 is 11.9 Å². The summed E-state index contributed by atoms with van der Waals surface area (Å²) in [5.74, 6) is -2.24. The molecular weight excluding hydrogens is 374 g/mol. The smallest absolute Gasteiger partial charge is 0.335 e. The van der Waals surface area contributed by atoms with Crippen LogP contribution in [-0.4, -0.2) is 116 Å². The molecule has 0 saturated carbocycles. The number of carboxylic acids is 1. The Morgan fingerprint density at radius 3 is 2.15 bits per heavy atom. The van der Waals surface area contributed by atoms with Gasteiger partial charge in [-0.15, -0.1) is 0 Å². The van der Waals surface area contributed by atoms with E-state index in [2.05, 4.69) is 5.32 Å². The Morgan fingerprint density at radius 1 is 1.00 bits per heavy atom. The van der Waals surface area contributed by atoms with Gasteiger partial charge in [0.05, 0.1) is 6.61 Å². The predicted molar refractivity (Wildman–Crippen MR) is 80.8 cm³/mol. The third-order valence-electron chi connectivity index (χ3n) is 4.35. The van der Waals surface area contributed by atoms with Gasteiger partial charge in [0.2, 0.25) is 5.91 Å². The minimum Gasteiger partial charge on any atom is -0.479 e. The van der Waals surface area contributed by atoms with Gasteiger partial charge >= 0.3 is 5.97 Å². The maximum Gasteiger partial charge on any atom is 0.335 e. The van der Waals surface area contributed by atoms with Crippen LogP contribution in [0.1, 0.15) is 6.92 Å². The molecular formula is C14H23NO12. The molecule has 0 aliphatic carbocycles. The molecule has 0 spiro atoms. The van der Waals surface area contributed by atoms with Crippen molar-refractivity contribution < 1.29 is 59.5 Å². The fraction of sp³-hybridized carbons (Fsp3) is 0.857. The van der Waals surface area contributed by atoms with E-state index in [1.165, 1.54) is 0 Å². The van der Waals surface area contributed by atoms with Crippen molar-refractivity contribution in [3.8, 4) is 0 Å². The summed E-state index contributed by atoms with van der Waals surface area (Å²) in [5.41, 5.74) is 0. The second-order valence-electron chi connectivity index (χ2n) is 6.30. The first kappa shape index (κ1) is 21.9. The molecule has 2 aliphatic heterocycles. The second kappa shape index (κ2) is 8.72. The van der Waals surface area contributed by atoms with Crippen molar-refractivity contribution in [1.82, 2.24) is 5.32 Å². The quantitative estimate of drug-likeness (QED) is 0.218. The Hall–Kier alpha value is -1.42. The Morgan fingerprint density at radius 2 is 1.63 bits per heavy atom. The summed E-state index contributed by atoms with van der Waals surface area (Å²) in [7, 11) is 0. The van der Waals surface area contributed by atoms with Gasteiger partial charge in [-0.1, -0.05) is 0 Å². The number of aliphatic hydroxyl groups excluding tert-OH is 6. The summed E-state index contributed by atoms with van der Waals surface area (Å²) in [6.45, 7) is 0.374. The summed E-state index contributed by atoms with van der Waals surface area (Å²) < 4.78 is 15.3. The highest BCUT2D eigenvalue weighted by atomic mass is 16.7. The first-order chi connectivity index (χ1) is 12.6. The highest BCUT2D eigenvalue weighted by Gasteiger charge is 2.52. The van der Waals surface area contributed by atoms with E-state index < -0.39 is 79.8 Å². The zero-order valence-electron chi connectivity index (χ0n) is 14.2. The summed E-state index contributed by atoms with van der Waals surface area (Å²) in [4.78, 5) is 22.4. The first-order valence-electron chi connectivity index (χ1n) is 8.06. The SMILES string of the molecule is CC(=O)NC1[C@H](O)OC(CO)[C@@H](O[C@@H]2OC(C(=O)O)[C@H](O)[C@H](O)C2O)[C@@H]1O. The van der Waals surface area contributed by atoms with Crippen LogP contribution in [0, 0.1) is 0 Å². The Kier molecular flexibility index (Phi) is 7.07. The maximum absolute atomic E-state index is 11.2. The van der Waals surface area contributed by atoms with Crippen molar-refractivity contribution in [3.63, 3.8) is 0 Å². The Bertz CT molecular complexity index is 546. The molecule has 0 radical (unpaired) electrons. The van der Waals surface area contributed by atoms with Gasteiger partial charge in [-0.3, -0.25) is 4.79 Å². The normalized spacial score (nSPS) is 45.3.